The van der Waals surface area contributed by atoms with Crippen LogP contribution in [0.2, 0.25) is 0 Å². The third-order valence-corrected chi connectivity index (χ3v) is 3.96. The van der Waals surface area contributed by atoms with Crippen molar-refractivity contribution in [1.29, 1.82) is 0 Å². The Morgan fingerprint density at radius 1 is 1.04 bits per heavy atom. The Labute approximate surface area is 144 Å². The fourth-order valence-electron chi connectivity index (χ4n) is 1.89. The summed E-state index contributed by atoms with van der Waals surface area (Å²) in [4.78, 5) is 27.6. The van der Waals surface area contributed by atoms with E-state index in [9.17, 15) is 14.0 Å². The molecule has 0 saturated heterocycles. The van der Waals surface area contributed by atoms with Crippen molar-refractivity contribution in [2.75, 3.05) is 23.4 Å². The second-order valence-electron chi connectivity index (χ2n) is 4.97. The number of carbonyl (C=O) groups is 2. The monoisotopic (exact) mass is 347 g/mol. The van der Waals surface area contributed by atoms with E-state index in [0.717, 1.165) is 5.69 Å². The zero-order valence-corrected chi connectivity index (χ0v) is 13.8. The number of rotatable bonds is 8. The molecule has 0 saturated carbocycles. The first kappa shape index (κ1) is 17.9. The van der Waals surface area contributed by atoms with Crippen molar-refractivity contribution in [2.24, 2.45) is 0 Å². The molecule has 1 aromatic carbocycles. The molecule has 0 aliphatic carbocycles. The molecule has 0 aliphatic rings. The van der Waals surface area contributed by atoms with Gasteiger partial charge in [-0.3, -0.25) is 14.6 Å². The molecule has 0 unspecified atom stereocenters. The van der Waals surface area contributed by atoms with E-state index in [1.54, 1.807) is 6.20 Å². The van der Waals surface area contributed by atoms with Crippen LogP contribution in [0.1, 0.15) is 5.69 Å². The highest BCUT2D eigenvalue weighted by Crippen LogP contribution is 2.09. The van der Waals surface area contributed by atoms with Crippen LogP contribution in [0.15, 0.2) is 48.7 Å². The highest BCUT2D eigenvalue weighted by Gasteiger charge is 2.06. The van der Waals surface area contributed by atoms with E-state index < -0.39 is 0 Å². The fourth-order valence-corrected chi connectivity index (χ4v) is 2.54. The molecule has 0 spiro atoms. The predicted molar refractivity (Wildman–Crippen MR) is 93.3 cm³/mol. The smallest absolute Gasteiger partial charge is 0.234 e. The van der Waals surface area contributed by atoms with Gasteiger partial charge >= 0.3 is 0 Å². The highest BCUT2D eigenvalue weighted by molar-refractivity contribution is 8.00. The van der Waals surface area contributed by atoms with Gasteiger partial charge in [-0.15, -0.1) is 11.8 Å². The van der Waals surface area contributed by atoms with Gasteiger partial charge in [-0.05, 0) is 36.4 Å². The van der Waals surface area contributed by atoms with Crippen LogP contribution in [-0.4, -0.2) is 34.8 Å². The van der Waals surface area contributed by atoms with Crippen LogP contribution in [0.3, 0.4) is 0 Å². The fraction of sp³-hybridized carbons (Fsp3) is 0.235. The minimum Gasteiger partial charge on any atom is -0.355 e. The third kappa shape index (κ3) is 6.78. The largest absolute Gasteiger partial charge is 0.355 e. The summed E-state index contributed by atoms with van der Waals surface area (Å²) in [5.41, 5.74) is 1.45. The molecule has 5 nitrogen and oxygen atoms in total. The van der Waals surface area contributed by atoms with Gasteiger partial charge in [0.2, 0.25) is 11.8 Å². The van der Waals surface area contributed by atoms with Crippen molar-refractivity contribution in [3.05, 3.63) is 60.2 Å². The zero-order valence-electron chi connectivity index (χ0n) is 13.0. The van der Waals surface area contributed by atoms with Crippen LogP contribution >= 0.6 is 11.8 Å². The summed E-state index contributed by atoms with van der Waals surface area (Å²) >= 11 is 1.22. The van der Waals surface area contributed by atoms with Crippen molar-refractivity contribution < 1.29 is 14.0 Å². The van der Waals surface area contributed by atoms with Gasteiger partial charge in [0.05, 0.1) is 11.5 Å². The molecule has 0 atom stereocenters. The second kappa shape index (κ2) is 9.67. The highest BCUT2D eigenvalue weighted by atomic mass is 32.2. The van der Waals surface area contributed by atoms with Gasteiger partial charge in [-0.1, -0.05) is 6.07 Å². The standard InChI is InChI=1S/C17H18FN3O2S/c18-13-4-6-15(7-5-13)21-17(23)12-24-11-16(22)20-10-8-14-3-1-2-9-19-14/h1-7,9H,8,10-12H2,(H,20,22)(H,21,23). The van der Waals surface area contributed by atoms with E-state index >= 15 is 0 Å². The predicted octanol–water partition coefficient (Wildman–Crippen LogP) is 2.25. The molecule has 0 bridgehead atoms. The second-order valence-corrected chi connectivity index (χ2v) is 5.95. The molecule has 2 rings (SSSR count). The van der Waals surface area contributed by atoms with Crippen molar-refractivity contribution >= 4 is 29.3 Å². The minimum atomic E-state index is -0.357. The molecule has 2 aromatic rings. The van der Waals surface area contributed by atoms with Crippen molar-refractivity contribution in [2.45, 2.75) is 6.42 Å². The van der Waals surface area contributed by atoms with E-state index in [4.69, 9.17) is 0 Å². The SMILES string of the molecule is O=C(CSCC(=O)Nc1ccc(F)cc1)NCCc1ccccn1. The summed E-state index contributed by atoms with van der Waals surface area (Å²) in [5.74, 6) is -0.340. The number of aromatic nitrogens is 1. The Morgan fingerprint density at radius 2 is 1.79 bits per heavy atom. The number of thioether (sulfide) groups is 1. The summed E-state index contributed by atoms with van der Waals surface area (Å²) in [6.07, 6.45) is 2.38. The van der Waals surface area contributed by atoms with Crippen LogP contribution in [-0.2, 0) is 16.0 Å². The van der Waals surface area contributed by atoms with Crippen LogP contribution in [0.5, 0.6) is 0 Å². The Morgan fingerprint density at radius 3 is 2.50 bits per heavy atom. The molecule has 2 N–H and O–H groups in total. The number of carbonyl (C=O) groups excluding carboxylic acids is 2. The summed E-state index contributed by atoms with van der Waals surface area (Å²) in [6.45, 7) is 0.512. The maximum Gasteiger partial charge on any atom is 0.234 e. The van der Waals surface area contributed by atoms with Gasteiger partial charge < -0.3 is 10.6 Å². The average Bonchev–Trinajstić information content (AvgIpc) is 2.58. The van der Waals surface area contributed by atoms with Gasteiger partial charge in [0.25, 0.3) is 0 Å². The van der Waals surface area contributed by atoms with Gasteiger partial charge in [0, 0.05) is 30.5 Å². The van der Waals surface area contributed by atoms with Crippen LogP contribution in [0.4, 0.5) is 10.1 Å². The molecule has 1 aromatic heterocycles. The first-order chi connectivity index (χ1) is 11.6. The normalized spacial score (nSPS) is 10.2. The summed E-state index contributed by atoms with van der Waals surface area (Å²) in [5, 5.41) is 5.43. The van der Waals surface area contributed by atoms with Crippen molar-refractivity contribution in [3.63, 3.8) is 0 Å². The molecule has 0 aliphatic heterocycles. The topological polar surface area (TPSA) is 71.1 Å². The molecular weight excluding hydrogens is 329 g/mol. The van der Waals surface area contributed by atoms with Crippen molar-refractivity contribution in [1.82, 2.24) is 10.3 Å². The Balaban J connectivity index is 1.58. The molecule has 7 heteroatoms. The summed E-state index contributed by atoms with van der Waals surface area (Å²) in [6, 6.07) is 11.2. The lowest BCUT2D eigenvalue weighted by atomic mass is 10.3. The maximum atomic E-state index is 12.8. The van der Waals surface area contributed by atoms with Crippen molar-refractivity contribution in [3.8, 4) is 0 Å². The number of nitrogens with zero attached hydrogens (tertiary/aromatic N) is 1. The number of hydrogen-bond acceptors (Lipinski definition) is 4. The molecular formula is C17H18FN3O2S. The lowest BCUT2D eigenvalue weighted by molar-refractivity contribution is -0.118. The number of hydrogen-bond donors (Lipinski definition) is 2. The first-order valence-electron chi connectivity index (χ1n) is 7.43. The van der Waals surface area contributed by atoms with Crippen LogP contribution < -0.4 is 10.6 Å². The molecule has 0 fully saturated rings. The lowest BCUT2D eigenvalue weighted by Gasteiger charge is -2.06. The number of amides is 2. The van der Waals surface area contributed by atoms with E-state index in [-0.39, 0.29) is 29.1 Å². The number of benzene rings is 1. The van der Waals surface area contributed by atoms with Gasteiger partial charge in [0.15, 0.2) is 0 Å². The van der Waals surface area contributed by atoms with Gasteiger partial charge in [-0.25, -0.2) is 4.39 Å². The Hall–Kier alpha value is -2.41. The first-order valence-corrected chi connectivity index (χ1v) is 8.59. The zero-order chi connectivity index (χ0) is 17.2. The van der Waals surface area contributed by atoms with E-state index in [2.05, 4.69) is 15.6 Å². The Bertz CT molecular complexity index is 665. The molecule has 126 valence electrons. The van der Waals surface area contributed by atoms with E-state index in [0.29, 0.717) is 18.7 Å². The quantitative estimate of drug-likeness (QED) is 0.768. The number of nitrogens with one attached hydrogen (secondary N) is 2. The maximum absolute atomic E-state index is 12.8. The van der Waals surface area contributed by atoms with Crippen LogP contribution in [0, 0.1) is 5.82 Å². The van der Waals surface area contributed by atoms with E-state index in [1.165, 1.54) is 36.0 Å². The number of pyridine rings is 1. The average molecular weight is 347 g/mol. The molecule has 2 amide bonds. The Kier molecular flexibility index (Phi) is 7.22. The minimum absolute atomic E-state index is 0.120. The third-order valence-electron chi connectivity index (χ3n) is 3.02. The molecule has 1 heterocycles. The van der Waals surface area contributed by atoms with Gasteiger partial charge in [-0.2, -0.15) is 0 Å². The van der Waals surface area contributed by atoms with Crippen LogP contribution in [0.25, 0.3) is 0 Å². The summed E-state index contributed by atoms with van der Waals surface area (Å²) < 4.78 is 12.8. The van der Waals surface area contributed by atoms with E-state index in [1.807, 2.05) is 18.2 Å². The summed E-state index contributed by atoms with van der Waals surface area (Å²) in [7, 11) is 0. The molecule has 24 heavy (non-hydrogen) atoms. The number of halogens is 1. The lowest BCUT2D eigenvalue weighted by Crippen LogP contribution is -2.28. The number of anilines is 1. The van der Waals surface area contributed by atoms with Gasteiger partial charge in [0.1, 0.15) is 5.82 Å². The molecule has 0 radical (unpaired) electrons.